The molecule has 1 heterocycles. The Morgan fingerprint density at radius 3 is 2.59 bits per heavy atom. The van der Waals surface area contributed by atoms with Crippen molar-refractivity contribution in [2.45, 2.75) is 57.6 Å². The number of amides is 1. The van der Waals surface area contributed by atoms with E-state index in [4.69, 9.17) is 0 Å². The number of aliphatic hydroxyl groups is 1. The van der Waals surface area contributed by atoms with E-state index in [1.165, 1.54) is 0 Å². The summed E-state index contributed by atoms with van der Waals surface area (Å²) in [5.41, 5.74) is -1.22. The third kappa shape index (κ3) is 3.68. The molecule has 0 bridgehead atoms. The number of nitrogens with zero attached hydrogens (tertiary/aromatic N) is 1. The molecule has 0 aliphatic carbocycles. The van der Waals surface area contributed by atoms with E-state index in [9.17, 15) is 9.90 Å². The molecular weight excluding hydrogens is 216 g/mol. The van der Waals surface area contributed by atoms with E-state index in [0.717, 1.165) is 32.2 Å². The topological polar surface area (TPSA) is 52.6 Å². The van der Waals surface area contributed by atoms with Crippen LogP contribution in [0.4, 0.5) is 0 Å². The number of rotatable bonds is 5. The third-order valence-electron chi connectivity index (χ3n) is 3.30. The van der Waals surface area contributed by atoms with Gasteiger partial charge < -0.3 is 15.3 Å². The van der Waals surface area contributed by atoms with Crippen LogP contribution in [0.1, 0.15) is 46.5 Å². The molecule has 1 amide bonds. The Balaban J connectivity index is 2.71. The Hall–Kier alpha value is -0.610. The molecule has 0 aromatic rings. The zero-order chi connectivity index (χ0) is 13.1. The summed E-state index contributed by atoms with van der Waals surface area (Å²) in [4.78, 5) is 14.1. The number of hydrogen-bond acceptors (Lipinski definition) is 3. The van der Waals surface area contributed by atoms with Gasteiger partial charge in [0.15, 0.2) is 0 Å². The molecule has 0 aromatic carbocycles. The monoisotopic (exact) mass is 242 g/mol. The van der Waals surface area contributed by atoms with Gasteiger partial charge in [-0.15, -0.1) is 0 Å². The maximum absolute atomic E-state index is 12.5. The molecule has 0 aromatic heterocycles. The lowest BCUT2D eigenvalue weighted by atomic mass is 9.90. The molecule has 17 heavy (non-hydrogen) atoms. The zero-order valence-electron chi connectivity index (χ0n) is 11.5. The largest absolute Gasteiger partial charge is 0.389 e. The van der Waals surface area contributed by atoms with E-state index in [1.807, 2.05) is 0 Å². The first-order valence-corrected chi connectivity index (χ1v) is 6.54. The van der Waals surface area contributed by atoms with Crippen LogP contribution >= 0.6 is 0 Å². The predicted molar refractivity (Wildman–Crippen MR) is 68.8 cm³/mol. The first-order chi connectivity index (χ1) is 7.81. The Kier molecular flexibility index (Phi) is 4.55. The van der Waals surface area contributed by atoms with Gasteiger partial charge in [-0.05, 0) is 39.7 Å². The molecule has 100 valence electrons. The van der Waals surface area contributed by atoms with E-state index in [0.29, 0.717) is 6.54 Å². The summed E-state index contributed by atoms with van der Waals surface area (Å²) in [5, 5.41) is 13.1. The van der Waals surface area contributed by atoms with Gasteiger partial charge in [0, 0.05) is 13.6 Å². The molecule has 4 nitrogen and oxygen atoms in total. The predicted octanol–water partition coefficient (Wildman–Crippen LogP) is 1.14. The van der Waals surface area contributed by atoms with Gasteiger partial charge >= 0.3 is 0 Å². The summed E-state index contributed by atoms with van der Waals surface area (Å²) in [6.45, 7) is 6.85. The SMILES string of the molecule is CCCC1(C(=O)N(C)CC(C)(C)O)CCCN1. The van der Waals surface area contributed by atoms with Crippen molar-refractivity contribution in [2.75, 3.05) is 20.1 Å². The van der Waals surface area contributed by atoms with Gasteiger partial charge in [0.05, 0.1) is 11.1 Å². The highest BCUT2D eigenvalue weighted by molar-refractivity contribution is 5.86. The summed E-state index contributed by atoms with van der Waals surface area (Å²) in [7, 11) is 1.78. The van der Waals surface area contributed by atoms with Crippen LogP contribution in [0.2, 0.25) is 0 Å². The third-order valence-corrected chi connectivity index (χ3v) is 3.30. The van der Waals surface area contributed by atoms with E-state index < -0.39 is 5.60 Å². The first kappa shape index (κ1) is 14.5. The first-order valence-electron chi connectivity index (χ1n) is 6.54. The van der Waals surface area contributed by atoms with Crippen LogP contribution in [-0.2, 0) is 4.79 Å². The van der Waals surface area contributed by atoms with Crippen LogP contribution in [-0.4, -0.2) is 47.2 Å². The van der Waals surface area contributed by atoms with Gasteiger partial charge in [0.25, 0.3) is 0 Å². The Morgan fingerprint density at radius 2 is 2.18 bits per heavy atom. The quantitative estimate of drug-likeness (QED) is 0.760. The van der Waals surface area contributed by atoms with Crippen LogP contribution in [0, 0.1) is 0 Å². The molecule has 0 radical (unpaired) electrons. The maximum Gasteiger partial charge on any atom is 0.242 e. The van der Waals surface area contributed by atoms with Gasteiger partial charge in [-0.25, -0.2) is 0 Å². The standard InChI is InChI=1S/C13H26N2O2/c1-5-7-13(8-6-9-14-13)11(16)15(4)10-12(2,3)17/h14,17H,5-10H2,1-4H3. The highest BCUT2D eigenvalue weighted by atomic mass is 16.3. The van der Waals surface area contributed by atoms with Crippen LogP contribution in [0.25, 0.3) is 0 Å². The van der Waals surface area contributed by atoms with Gasteiger partial charge in [-0.3, -0.25) is 4.79 Å². The Labute approximate surface area is 104 Å². The van der Waals surface area contributed by atoms with Crippen LogP contribution in [0.5, 0.6) is 0 Å². The molecule has 2 N–H and O–H groups in total. The smallest absolute Gasteiger partial charge is 0.242 e. The van der Waals surface area contributed by atoms with E-state index >= 15 is 0 Å². The van der Waals surface area contributed by atoms with Gasteiger partial charge in [0.2, 0.25) is 5.91 Å². The average molecular weight is 242 g/mol. The van der Waals surface area contributed by atoms with Gasteiger partial charge in [-0.1, -0.05) is 13.3 Å². The van der Waals surface area contributed by atoms with Gasteiger partial charge in [0.1, 0.15) is 0 Å². The van der Waals surface area contributed by atoms with Crippen molar-refractivity contribution in [3.63, 3.8) is 0 Å². The van der Waals surface area contributed by atoms with Crippen molar-refractivity contribution in [3.8, 4) is 0 Å². The van der Waals surface area contributed by atoms with Crippen molar-refractivity contribution in [3.05, 3.63) is 0 Å². The molecule has 1 aliphatic heterocycles. The molecule has 1 aliphatic rings. The lowest BCUT2D eigenvalue weighted by Crippen LogP contribution is -2.56. The molecular formula is C13H26N2O2. The van der Waals surface area contributed by atoms with Crippen molar-refractivity contribution in [2.24, 2.45) is 0 Å². The lowest BCUT2D eigenvalue weighted by Gasteiger charge is -2.35. The van der Waals surface area contributed by atoms with E-state index in [2.05, 4.69) is 12.2 Å². The lowest BCUT2D eigenvalue weighted by molar-refractivity contribution is -0.139. The number of nitrogens with one attached hydrogen (secondary N) is 1. The summed E-state index contributed by atoms with van der Waals surface area (Å²) in [5.74, 6) is 0.124. The molecule has 0 saturated carbocycles. The zero-order valence-corrected chi connectivity index (χ0v) is 11.5. The van der Waals surface area contributed by atoms with Crippen molar-refractivity contribution in [1.29, 1.82) is 0 Å². The minimum Gasteiger partial charge on any atom is -0.389 e. The molecule has 1 unspecified atom stereocenters. The maximum atomic E-state index is 12.5. The van der Waals surface area contributed by atoms with Crippen molar-refractivity contribution in [1.82, 2.24) is 10.2 Å². The fraction of sp³-hybridized carbons (Fsp3) is 0.923. The molecule has 4 heteroatoms. The van der Waals surface area contributed by atoms with Crippen LogP contribution in [0.3, 0.4) is 0 Å². The number of likely N-dealkylation sites (N-methyl/N-ethyl adjacent to an activating group) is 1. The molecule has 0 spiro atoms. The summed E-state index contributed by atoms with van der Waals surface area (Å²) < 4.78 is 0. The van der Waals surface area contributed by atoms with Gasteiger partial charge in [-0.2, -0.15) is 0 Å². The fourth-order valence-corrected chi connectivity index (χ4v) is 2.75. The molecule has 1 rings (SSSR count). The van der Waals surface area contributed by atoms with Crippen molar-refractivity contribution >= 4 is 5.91 Å². The minimum absolute atomic E-state index is 0.124. The van der Waals surface area contributed by atoms with E-state index in [1.54, 1.807) is 25.8 Å². The minimum atomic E-state index is -0.837. The van der Waals surface area contributed by atoms with E-state index in [-0.39, 0.29) is 11.4 Å². The van der Waals surface area contributed by atoms with Crippen molar-refractivity contribution < 1.29 is 9.90 Å². The second-order valence-electron chi connectivity index (χ2n) is 5.84. The highest BCUT2D eigenvalue weighted by Gasteiger charge is 2.42. The number of carbonyl (C=O) groups excluding carboxylic acids is 1. The second-order valence-corrected chi connectivity index (χ2v) is 5.84. The van der Waals surface area contributed by atoms with Crippen LogP contribution in [0.15, 0.2) is 0 Å². The van der Waals surface area contributed by atoms with Crippen LogP contribution < -0.4 is 5.32 Å². The second kappa shape index (κ2) is 5.36. The fourth-order valence-electron chi connectivity index (χ4n) is 2.75. The Morgan fingerprint density at radius 1 is 1.53 bits per heavy atom. The molecule has 1 atom stereocenters. The highest BCUT2D eigenvalue weighted by Crippen LogP contribution is 2.27. The summed E-state index contributed by atoms with van der Waals surface area (Å²) in [6, 6.07) is 0. The Bertz CT molecular complexity index is 265. The normalized spacial score (nSPS) is 25.0. The number of carbonyl (C=O) groups is 1. The molecule has 1 saturated heterocycles. The summed E-state index contributed by atoms with van der Waals surface area (Å²) in [6.07, 6.45) is 3.84. The summed E-state index contributed by atoms with van der Waals surface area (Å²) >= 11 is 0. The molecule has 1 fully saturated rings. The average Bonchev–Trinajstić information content (AvgIpc) is 2.64. The number of hydrogen-bond donors (Lipinski definition) is 2.